The number of benzene rings is 2. The van der Waals surface area contributed by atoms with Gasteiger partial charge >= 0.3 is 0 Å². The van der Waals surface area contributed by atoms with Crippen LogP contribution < -0.4 is 14.8 Å². The highest BCUT2D eigenvalue weighted by molar-refractivity contribution is 7.92. The Morgan fingerprint density at radius 3 is 2.37 bits per heavy atom. The highest BCUT2D eigenvalue weighted by atomic mass is 32.2. The van der Waals surface area contributed by atoms with Crippen molar-refractivity contribution >= 4 is 21.4 Å². The molecule has 1 heterocycles. The summed E-state index contributed by atoms with van der Waals surface area (Å²) in [6, 6.07) is 17.7. The Labute approximate surface area is 159 Å². The monoisotopic (exact) mass is 383 g/mol. The van der Waals surface area contributed by atoms with E-state index in [-0.39, 0.29) is 4.90 Å². The van der Waals surface area contributed by atoms with Crippen LogP contribution in [0.5, 0.6) is 5.75 Å². The van der Waals surface area contributed by atoms with Crippen LogP contribution in [0.3, 0.4) is 0 Å². The zero-order chi connectivity index (χ0) is 19.3. The molecule has 0 bridgehead atoms. The number of rotatable bonds is 7. The van der Waals surface area contributed by atoms with Crippen molar-refractivity contribution < 1.29 is 13.2 Å². The summed E-state index contributed by atoms with van der Waals surface area (Å²) in [4.78, 5) is 4.47. The molecule has 0 radical (unpaired) electrons. The predicted molar refractivity (Wildman–Crippen MR) is 107 cm³/mol. The zero-order valence-corrected chi connectivity index (χ0v) is 16.0. The molecule has 140 valence electrons. The van der Waals surface area contributed by atoms with E-state index < -0.39 is 10.0 Å². The minimum Gasteiger partial charge on any atom is -0.497 e. The fraction of sp³-hybridized carbons (Fsp3) is 0.150. The molecule has 0 aliphatic heterocycles. The number of methoxy groups -OCH3 is 1. The van der Waals surface area contributed by atoms with Gasteiger partial charge in [0.05, 0.1) is 24.2 Å². The molecule has 6 nitrogen and oxygen atoms in total. The lowest BCUT2D eigenvalue weighted by Crippen LogP contribution is -2.14. The van der Waals surface area contributed by atoms with E-state index in [0.717, 1.165) is 11.4 Å². The van der Waals surface area contributed by atoms with Gasteiger partial charge in [-0.2, -0.15) is 0 Å². The summed E-state index contributed by atoms with van der Waals surface area (Å²) in [5.41, 5.74) is 2.92. The summed E-state index contributed by atoms with van der Waals surface area (Å²) in [5.74, 6) is 0.620. The normalized spacial score (nSPS) is 11.0. The summed E-state index contributed by atoms with van der Waals surface area (Å²) < 4.78 is 33.0. The smallest absolute Gasteiger partial charge is 0.262 e. The van der Waals surface area contributed by atoms with Crippen molar-refractivity contribution in [3.05, 3.63) is 78.1 Å². The molecule has 0 amide bonds. The maximum absolute atomic E-state index is 12.6. The second-order valence-electron chi connectivity index (χ2n) is 5.99. The van der Waals surface area contributed by atoms with Crippen molar-refractivity contribution in [3.8, 4) is 5.75 Å². The standard InChI is InChI=1S/C20H21N3O3S/c1-15-13-19(26-2)10-11-20(15)27(24,25)23-17-8-6-16(7-9-17)22-14-18-5-3-4-12-21-18/h3-13,22-23H,14H2,1-2H3. The third-order valence-corrected chi connectivity index (χ3v) is 5.55. The Hall–Kier alpha value is -3.06. The molecule has 3 rings (SSSR count). The van der Waals surface area contributed by atoms with Crippen LogP contribution in [0.1, 0.15) is 11.3 Å². The molecular formula is C20H21N3O3S. The molecular weight excluding hydrogens is 362 g/mol. The molecule has 0 saturated heterocycles. The predicted octanol–water partition coefficient (Wildman–Crippen LogP) is 3.81. The van der Waals surface area contributed by atoms with Crippen LogP contribution in [0.4, 0.5) is 11.4 Å². The minimum atomic E-state index is -3.67. The van der Waals surface area contributed by atoms with Gasteiger partial charge in [-0.1, -0.05) is 6.07 Å². The molecule has 2 N–H and O–H groups in total. The Morgan fingerprint density at radius 2 is 1.74 bits per heavy atom. The summed E-state index contributed by atoms with van der Waals surface area (Å²) >= 11 is 0. The SMILES string of the molecule is COc1ccc(S(=O)(=O)Nc2ccc(NCc3ccccn3)cc2)c(C)c1. The topological polar surface area (TPSA) is 80.3 Å². The molecule has 0 atom stereocenters. The van der Waals surface area contributed by atoms with Gasteiger partial charge in [0.25, 0.3) is 10.0 Å². The Kier molecular flexibility index (Phi) is 5.61. The van der Waals surface area contributed by atoms with E-state index >= 15 is 0 Å². The summed E-state index contributed by atoms with van der Waals surface area (Å²) in [6.07, 6.45) is 1.75. The first kappa shape index (κ1) is 18.7. The second kappa shape index (κ2) is 8.09. The van der Waals surface area contributed by atoms with E-state index in [1.807, 2.05) is 30.3 Å². The van der Waals surface area contributed by atoms with Crippen molar-refractivity contribution in [2.24, 2.45) is 0 Å². The van der Waals surface area contributed by atoms with Crippen molar-refractivity contribution in [3.63, 3.8) is 0 Å². The van der Waals surface area contributed by atoms with Gasteiger partial charge in [-0.25, -0.2) is 8.42 Å². The average molecular weight is 383 g/mol. The highest BCUT2D eigenvalue weighted by Gasteiger charge is 2.17. The van der Waals surface area contributed by atoms with Gasteiger partial charge in [0.2, 0.25) is 0 Å². The summed E-state index contributed by atoms with van der Waals surface area (Å²) in [6.45, 7) is 2.33. The van der Waals surface area contributed by atoms with Crippen molar-refractivity contribution in [2.75, 3.05) is 17.1 Å². The number of pyridine rings is 1. The lowest BCUT2D eigenvalue weighted by Gasteiger charge is -2.12. The number of nitrogens with zero attached hydrogens (tertiary/aromatic N) is 1. The first-order valence-corrected chi connectivity index (χ1v) is 9.87. The lowest BCUT2D eigenvalue weighted by molar-refractivity contribution is 0.414. The number of ether oxygens (including phenoxy) is 1. The fourth-order valence-corrected chi connectivity index (χ4v) is 3.90. The van der Waals surface area contributed by atoms with Gasteiger partial charge in [0.15, 0.2) is 0 Å². The molecule has 0 unspecified atom stereocenters. The Morgan fingerprint density at radius 1 is 1.00 bits per heavy atom. The molecule has 0 aliphatic rings. The number of nitrogens with one attached hydrogen (secondary N) is 2. The van der Waals surface area contributed by atoms with Crippen LogP contribution in [-0.2, 0) is 16.6 Å². The first-order chi connectivity index (χ1) is 13.0. The van der Waals surface area contributed by atoms with Crippen LogP contribution in [0.2, 0.25) is 0 Å². The van der Waals surface area contributed by atoms with Crippen LogP contribution in [0.25, 0.3) is 0 Å². The highest BCUT2D eigenvalue weighted by Crippen LogP contribution is 2.24. The zero-order valence-electron chi connectivity index (χ0n) is 15.1. The molecule has 0 spiro atoms. The van der Waals surface area contributed by atoms with Gasteiger partial charge in [0.1, 0.15) is 5.75 Å². The van der Waals surface area contributed by atoms with Crippen molar-refractivity contribution in [2.45, 2.75) is 18.4 Å². The number of aromatic nitrogens is 1. The number of sulfonamides is 1. The maximum Gasteiger partial charge on any atom is 0.262 e. The van der Waals surface area contributed by atoms with E-state index in [9.17, 15) is 8.42 Å². The van der Waals surface area contributed by atoms with Gasteiger partial charge in [-0.15, -0.1) is 0 Å². The number of hydrogen-bond donors (Lipinski definition) is 2. The third-order valence-electron chi connectivity index (χ3n) is 4.01. The van der Waals surface area contributed by atoms with Crippen LogP contribution in [-0.4, -0.2) is 20.5 Å². The largest absolute Gasteiger partial charge is 0.497 e. The number of hydrogen-bond acceptors (Lipinski definition) is 5. The fourth-order valence-electron chi connectivity index (χ4n) is 2.61. The summed E-state index contributed by atoms with van der Waals surface area (Å²) in [5, 5.41) is 3.25. The molecule has 7 heteroatoms. The molecule has 27 heavy (non-hydrogen) atoms. The van der Waals surface area contributed by atoms with Crippen LogP contribution >= 0.6 is 0 Å². The molecule has 2 aromatic carbocycles. The van der Waals surface area contributed by atoms with Crippen molar-refractivity contribution in [1.82, 2.24) is 4.98 Å². The number of anilines is 2. The molecule has 0 aliphatic carbocycles. The van der Waals surface area contributed by atoms with Gasteiger partial charge in [-0.3, -0.25) is 9.71 Å². The summed E-state index contributed by atoms with van der Waals surface area (Å²) in [7, 11) is -2.13. The van der Waals surface area contributed by atoms with Gasteiger partial charge in [0, 0.05) is 17.6 Å². The van der Waals surface area contributed by atoms with E-state index in [2.05, 4.69) is 15.0 Å². The Balaban J connectivity index is 1.68. The Bertz CT molecular complexity index is 1000. The van der Waals surface area contributed by atoms with E-state index in [1.54, 1.807) is 50.6 Å². The maximum atomic E-state index is 12.6. The molecule has 3 aromatic rings. The van der Waals surface area contributed by atoms with E-state index in [4.69, 9.17) is 4.74 Å². The minimum absolute atomic E-state index is 0.223. The molecule has 1 aromatic heterocycles. The molecule has 0 fully saturated rings. The van der Waals surface area contributed by atoms with E-state index in [1.165, 1.54) is 0 Å². The molecule has 0 saturated carbocycles. The van der Waals surface area contributed by atoms with Gasteiger partial charge in [-0.05, 0) is 67.1 Å². The van der Waals surface area contributed by atoms with Crippen LogP contribution in [0.15, 0.2) is 71.8 Å². The second-order valence-corrected chi connectivity index (χ2v) is 7.64. The average Bonchev–Trinajstić information content (AvgIpc) is 2.67. The van der Waals surface area contributed by atoms with Gasteiger partial charge < -0.3 is 10.1 Å². The third kappa shape index (κ3) is 4.77. The van der Waals surface area contributed by atoms with Crippen LogP contribution in [0, 0.1) is 6.92 Å². The lowest BCUT2D eigenvalue weighted by atomic mass is 10.2. The quantitative estimate of drug-likeness (QED) is 0.648. The number of aryl methyl sites for hydroxylation is 1. The van der Waals surface area contributed by atoms with E-state index in [0.29, 0.717) is 23.5 Å². The first-order valence-electron chi connectivity index (χ1n) is 8.39. The van der Waals surface area contributed by atoms with Crippen molar-refractivity contribution in [1.29, 1.82) is 0 Å².